The normalized spacial score (nSPS) is 17.8. The predicted molar refractivity (Wildman–Crippen MR) is 133 cm³/mol. The minimum absolute atomic E-state index is 0.0318. The molecular formula is C26H34N6O2. The molecule has 0 bridgehead atoms. The maximum absolute atomic E-state index is 13.6. The first-order valence-electron chi connectivity index (χ1n) is 12.0. The Morgan fingerprint density at radius 3 is 2.68 bits per heavy atom. The number of carbonyl (C=O) groups excluding carboxylic acids is 2. The Hall–Kier alpha value is -3.26. The van der Waals surface area contributed by atoms with Gasteiger partial charge in [0, 0.05) is 29.2 Å². The van der Waals surface area contributed by atoms with Crippen LogP contribution in [0.15, 0.2) is 36.5 Å². The molecule has 0 radical (unpaired) electrons. The predicted octanol–water partition coefficient (Wildman–Crippen LogP) is 3.35. The molecule has 1 fully saturated rings. The summed E-state index contributed by atoms with van der Waals surface area (Å²) in [5.41, 5.74) is 3.76. The topological polar surface area (TPSA) is 103 Å². The SMILES string of the molecule is CNC(C)C(=O)N[C@H](C(=O)N1CCCC1c1cc(-c2c[nH]c3ccccc23)nc(C)n1)C(C)C. The average molecular weight is 463 g/mol. The van der Waals surface area contributed by atoms with Gasteiger partial charge in [-0.2, -0.15) is 0 Å². The number of aromatic amines is 1. The molecule has 0 spiro atoms. The van der Waals surface area contributed by atoms with E-state index in [0.717, 1.165) is 40.7 Å². The molecule has 2 aromatic heterocycles. The Bertz CT molecular complexity index is 1190. The van der Waals surface area contributed by atoms with Crippen LogP contribution >= 0.6 is 0 Å². The Labute approximate surface area is 200 Å². The van der Waals surface area contributed by atoms with Gasteiger partial charge in [0.2, 0.25) is 11.8 Å². The molecule has 0 aliphatic carbocycles. The molecule has 2 unspecified atom stereocenters. The van der Waals surface area contributed by atoms with E-state index in [1.54, 1.807) is 14.0 Å². The highest BCUT2D eigenvalue weighted by molar-refractivity contribution is 5.94. The minimum atomic E-state index is -0.583. The van der Waals surface area contributed by atoms with Gasteiger partial charge < -0.3 is 20.5 Å². The van der Waals surface area contributed by atoms with E-state index < -0.39 is 6.04 Å². The third-order valence-electron chi connectivity index (χ3n) is 6.66. The van der Waals surface area contributed by atoms with Gasteiger partial charge in [0.05, 0.1) is 23.5 Å². The second-order valence-corrected chi connectivity index (χ2v) is 9.40. The zero-order valence-electron chi connectivity index (χ0n) is 20.6. The van der Waals surface area contributed by atoms with E-state index in [-0.39, 0.29) is 29.8 Å². The molecule has 3 N–H and O–H groups in total. The maximum Gasteiger partial charge on any atom is 0.245 e. The van der Waals surface area contributed by atoms with Gasteiger partial charge in [-0.15, -0.1) is 0 Å². The summed E-state index contributed by atoms with van der Waals surface area (Å²) in [5, 5.41) is 6.99. The average Bonchev–Trinajstić information content (AvgIpc) is 3.48. The molecule has 3 aromatic rings. The lowest BCUT2D eigenvalue weighted by molar-refractivity contribution is -0.139. The molecule has 3 heterocycles. The number of amides is 2. The van der Waals surface area contributed by atoms with Gasteiger partial charge in [0.1, 0.15) is 11.9 Å². The molecule has 34 heavy (non-hydrogen) atoms. The number of nitrogens with zero attached hydrogens (tertiary/aromatic N) is 3. The van der Waals surface area contributed by atoms with Crippen LogP contribution in [-0.2, 0) is 9.59 Å². The first-order valence-corrected chi connectivity index (χ1v) is 12.0. The van der Waals surface area contributed by atoms with Gasteiger partial charge in [-0.05, 0) is 51.8 Å². The third kappa shape index (κ3) is 4.68. The fourth-order valence-electron chi connectivity index (χ4n) is 4.62. The molecule has 3 atom stereocenters. The molecule has 1 saturated heterocycles. The van der Waals surface area contributed by atoms with Gasteiger partial charge in [0.25, 0.3) is 0 Å². The summed E-state index contributed by atoms with van der Waals surface area (Å²) in [4.78, 5) is 40.8. The second-order valence-electron chi connectivity index (χ2n) is 9.40. The maximum atomic E-state index is 13.6. The number of aryl methyl sites for hydroxylation is 1. The quantitative estimate of drug-likeness (QED) is 0.500. The van der Waals surface area contributed by atoms with Gasteiger partial charge >= 0.3 is 0 Å². The van der Waals surface area contributed by atoms with Crippen LogP contribution in [0.2, 0.25) is 0 Å². The van der Waals surface area contributed by atoms with Crippen molar-refractivity contribution in [3.63, 3.8) is 0 Å². The Balaban J connectivity index is 1.64. The van der Waals surface area contributed by atoms with Crippen LogP contribution in [0.25, 0.3) is 22.2 Å². The highest BCUT2D eigenvalue weighted by Gasteiger charge is 2.37. The fraction of sp³-hybridized carbons (Fsp3) is 0.462. The molecule has 8 heteroatoms. The standard InChI is InChI=1S/C26H34N6O2/c1-15(2)24(31-25(33)16(3)27-5)26(34)32-12-8-11-23(32)22-13-21(29-17(4)30-22)19-14-28-20-10-7-6-9-18(19)20/h6-7,9-10,13-16,23-24,27-28H,8,11-12H2,1-5H3,(H,31,33)/t16?,23?,24-/m0/s1. The highest BCUT2D eigenvalue weighted by atomic mass is 16.2. The summed E-state index contributed by atoms with van der Waals surface area (Å²) in [6.07, 6.45) is 3.70. The first kappa shape index (κ1) is 23.9. The molecule has 4 rings (SSSR count). The smallest absolute Gasteiger partial charge is 0.245 e. The number of para-hydroxylation sites is 1. The molecule has 180 valence electrons. The number of aromatic nitrogens is 3. The summed E-state index contributed by atoms with van der Waals surface area (Å²) in [5.74, 6) is 0.410. The lowest BCUT2D eigenvalue weighted by Crippen LogP contribution is -2.54. The number of carbonyl (C=O) groups is 2. The van der Waals surface area contributed by atoms with E-state index >= 15 is 0 Å². The van der Waals surface area contributed by atoms with Crippen molar-refractivity contribution in [1.82, 2.24) is 30.5 Å². The van der Waals surface area contributed by atoms with E-state index in [1.165, 1.54) is 0 Å². The van der Waals surface area contributed by atoms with Gasteiger partial charge in [-0.25, -0.2) is 9.97 Å². The summed E-state index contributed by atoms with van der Waals surface area (Å²) < 4.78 is 0. The van der Waals surface area contributed by atoms with E-state index in [1.807, 2.05) is 56.1 Å². The van der Waals surface area contributed by atoms with Gasteiger partial charge in [-0.1, -0.05) is 32.0 Å². The number of benzene rings is 1. The van der Waals surface area contributed by atoms with Crippen molar-refractivity contribution in [2.24, 2.45) is 5.92 Å². The van der Waals surface area contributed by atoms with Crippen molar-refractivity contribution in [2.75, 3.05) is 13.6 Å². The molecule has 0 saturated carbocycles. The number of likely N-dealkylation sites (N-methyl/N-ethyl adjacent to an activating group) is 1. The van der Waals surface area contributed by atoms with Crippen molar-refractivity contribution in [2.45, 2.75) is 58.7 Å². The van der Waals surface area contributed by atoms with Crippen molar-refractivity contribution >= 4 is 22.7 Å². The monoisotopic (exact) mass is 462 g/mol. The minimum Gasteiger partial charge on any atom is -0.360 e. The number of H-pyrrole nitrogens is 1. The number of rotatable bonds is 7. The van der Waals surface area contributed by atoms with E-state index in [2.05, 4.69) is 21.7 Å². The van der Waals surface area contributed by atoms with Crippen LogP contribution < -0.4 is 10.6 Å². The van der Waals surface area contributed by atoms with Crippen LogP contribution in [-0.4, -0.2) is 57.3 Å². The van der Waals surface area contributed by atoms with E-state index in [9.17, 15) is 9.59 Å². The molecular weight excluding hydrogens is 428 g/mol. The molecule has 8 nitrogen and oxygen atoms in total. The first-order chi connectivity index (χ1) is 16.3. The summed E-state index contributed by atoms with van der Waals surface area (Å²) >= 11 is 0. The number of nitrogens with one attached hydrogen (secondary N) is 3. The number of fused-ring (bicyclic) bond motifs is 1. The highest BCUT2D eigenvalue weighted by Crippen LogP contribution is 2.35. The van der Waals surface area contributed by atoms with E-state index in [4.69, 9.17) is 9.97 Å². The van der Waals surface area contributed by atoms with Crippen molar-refractivity contribution in [3.8, 4) is 11.3 Å². The molecule has 1 aromatic carbocycles. The molecule has 2 amide bonds. The van der Waals surface area contributed by atoms with Crippen LogP contribution in [0.3, 0.4) is 0 Å². The second kappa shape index (κ2) is 9.93. The molecule has 1 aliphatic heterocycles. The largest absolute Gasteiger partial charge is 0.360 e. The zero-order valence-corrected chi connectivity index (χ0v) is 20.6. The van der Waals surface area contributed by atoms with Crippen LogP contribution in [0.4, 0.5) is 0 Å². The lowest BCUT2D eigenvalue weighted by Gasteiger charge is -2.31. The van der Waals surface area contributed by atoms with Gasteiger partial charge in [0.15, 0.2) is 0 Å². The Kier molecular flexibility index (Phi) is 6.97. The summed E-state index contributed by atoms with van der Waals surface area (Å²) in [6.45, 7) is 8.24. The number of hydrogen-bond acceptors (Lipinski definition) is 5. The van der Waals surface area contributed by atoms with E-state index in [0.29, 0.717) is 12.4 Å². The van der Waals surface area contributed by atoms with Crippen LogP contribution in [0.5, 0.6) is 0 Å². The third-order valence-corrected chi connectivity index (χ3v) is 6.66. The molecule has 1 aliphatic rings. The summed E-state index contributed by atoms with van der Waals surface area (Å²) in [6, 6.07) is 9.05. The number of likely N-dealkylation sites (tertiary alicyclic amines) is 1. The fourth-order valence-corrected chi connectivity index (χ4v) is 4.62. The van der Waals surface area contributed by atoms with Crippen LogP contribution in [0.1, 0.15) is 51.2 Å². The lowest BCUT2D eigenvalue weighted by atomic mass is 10.0. The van der Waals surface area contributed by atoms with Crippen molar-refractivity contribution in [3.05, 3.63) is 48.0 Å². The summed E-state index contributed by atoms with van der Waals surface area (Å²) in [7, 11) is 1.73. The van der Waals surface area contributed by atoms with Gasteiger partial charge in [-0.3, -0.25) is 9.59 Å². The Morgan fingerprint density at radius 2 is 1.94 bits per heavy atom. The zero-order chi connectivity index (χ0) is 24.4. The van der Waals surface area contributed by atoms with Crippen LogP contribution in [0, 0.1) is 12.8 Å². The number of hydrogen-bond donors (Lipinski definition) is 3. The van der Waals surface area contributed by atoms with Crippen molar-refractivity contribution in [1.29, 1.82) is 0 Å². The Morgan fingerprint density at radius 1 is 1.18 bits per heavy atom. The van der Waals surface area contributed by atoms with Crippen molar-refractivity contribution < 1.29 is 9.59 Å².